The first-order valence-corrected chi connectivity index (χ1v) is 11.8. The Morgan fingerprint density at radius 3 is 2.53 bits per heavy atom. The maximum Gasteiger partial charge on any atom is 0.410 e. The monoisotopic (exact) mass is 404 g/mol. The first-order chi connectivity index (χ1) is 14.5. The summed E-state index contributed by atoms with van der Waals surface area (Å²) in [5.74, 6) is 3.47. The molecule has 1 amide bonds. The molecule has 0 radical (unpaired) electrons. The van der Waals surface area contributed by atoms with Gasteiger partial charge >= 0.3 is 6.09 Å². The molecule has 1 aromatic carbocycles. The van der Waals surface area contributed by atoms with Crippen LogP contribution in [-0.2, 0) is 4.74 Å². The van der Waals surface area contributed by atoms with Crippen LogP contribution >= 0.6 is 0 Å². The summed E-state index contributed by atoms with van der Waals surface area (Å²) in [6.45, 7) is 5.66. The summed E-state index contributed by atoms with van der Waals surface area (Å²) in [6, 6.07) is 6.69. The van der Waals surface area contributed by atoms with E-state index in [1.807, 2.05) is 4.90 Å². The third kappa shape index (κ3) is 2.99. The van der Waals surface area contributed by atoms with Crippen LogP contribution in [0.5, 0.6) is 0 Å². The highest BCUT2D eigenvalue weighted by Crippen LogP contribution is 2.54. The maximum atomic E-state index is 13.0. The fraction of sp³-hybridized carbons (Fsp3) is 0.577. The zero-order chi connectivity index (χ0) is 20.4. The van der Waals surface area contributed by atoms with Crippen LogP contribution in [0.15, 0.2) is 36.6 Å². The number of benzene rings is 1. The number of likely N-dealkylation sites (tertiary alicyclic amines) is 1. The molecule has 4 heteroatoms. The van der Waals surface area contributed by atoms with E-state index in [0.717, 1.165) is 37.0 Å². The summed E-state index contributed by atoms with van der Waals surface area (Å²) in [4.78, 5) is 17.1. The molecule has 6 aliphatic rings. The van der Waals surface area contributed by atoms with E-state index in [1.54, 1.807) is 0 Å². The summed E-state index contributed by atoms with van der Waals surface area (Å²) in [7, 11) is 2.06. The summed E-state index contributed by atoms with van der Waals surface area (Å²) in [6.07, 6.45) is 11.9. The number of anilines is 1. The van der Waals surface area contributed by atoms with Gasteiger partial charge in [-0.3, -0.25) is 0 Å². The first-order valence-electron chi connectivity index (χ1n) is 11.8. The van der Waals surface area contributed by atoms with Gasteiger partial charge < -0.3 is 14.5 Å². The Balaban J connectivity index is 1.12. The lowest BCUT2D eigenvalue weighted by atomic mass is 9.55. The van der Waals surface area contributed by atoms with Gasteiger partial charge in [0, 0.05) is 37.4 Å². The van der Waals surface area contributed by atoms with Gasteiger partial charge in [0.05, 0.1) is 0 Å². The van der Waals surface area contributed by atoms with Gasteiger partial charge in [0.1, 0.15) is 6.10 Å². The van der Waals surface area contributed by atoms with Crippen molar-refractivity contribution in [2.45, 2.75) is 50.5 Å². The van der Waals surface area contributed by atoms with Gasteiger partial charge in [-0.15, -0.1) is 0 Å². The number of hydrogen-bond donors (Lipinski definition) is 0. The number of allylic oxidation sites excluding steroid dienone is 1. The molecule has 1 aromatic rings. The number of amides is 1. The summed E-state index contributed by atoms with van der Waals surface area (Å²) in [5, 5.41) is 0. The van der Waals surface area contributed by atoms with Crippen molar-refractivity contribution >= 4 is 17.9 Å². The molecule has 1 atom stereocenters. The van der Waals surface area contributed by atoms with Gasteiger partial charge in [-0.1, -0.05) is 18.7 Å². The predicted octanol–water partition coefficient (Wildman–Crippen LogP) is 5.41. The molecular weight excluding hydrogens is 372 g/mol. The lowest BCUT2D eigenvalue weighted by Crippen LogP contribution is -2.51. The Labute approximate surface area is 179 Å². The molecule has 5 fully saturated rings. The molecule has 1 saturated heterocycles. The van der Waals surface area contributed by atoms with Gasteiger partial charge in [-0.05, 0) is 91.5 Å². The average molecular weight is 405 g/mol. The first kappa shape index (κ1) is 18.5. The van der Waals surface area contributed by atoms with E-state index >= 15 is 0 Å². The predicted molar refractivity (Wildman–Crippen MR) is 119 cm³/mol. The Hall–Kier alpha value is -2.23. The largest absolute Gasteiger partial charge is 0.446 e. The summed E-state index contributed by atoms with van der Waals surface area (Å²) < 4.78 is 6.17. The molecule has 4 saturated carbocycles. The molecule has 0 spiro atoms. The fourth-order valence-corrected chi connectivity index (χ4v) is 7.18. The Morgan fingerprint density at radius 1 is 1.07 bits per heavy atom. The van der Waals surface area contributed by atoms with Gasteiger partial charge in [-0.25, -0.2) is 4.79 Å². The second kappa shape index (κ2) is 6.90. The number of carbonyl (C=O) groups is 1. The molecule has 7 rings (SSSR count). The molecule has 4 aliphatic carbocycles. The van der Waals surface area contributed by atoms with Crippen molar-refractivity contribution in [3.8, 4) is 0 Å². The van der Waals surface area contributed by atoms with Crippen molar-refractivity contribution in [2.24, 2.45) is 23.7 Å². The standard InChI is InChI=1S/C26H32N2O2/c1-16-3-4-20-14-19(5-6-24(20)27(16)2)21-7-8-28(15-21)26(29)30-25-22-10-17-9-18(12-22)13-23(25)11-17/h3-6,14,17-18,21-23,25H,1,7-13,15H2,2H3. The third-order valence-electron chi connectivity index (χ3n) is 8.59. The minimum Gasteiger partial charge on any atom is -0.446 e. The quantitative estimate of drug-likeness (QED) is 0.660. The second-order valence-corrected chi connectivity index (χ2v) is 10.4. The van der Waals surface area contributed by atoms with Gasteiger partial charge in [0.15, 0.2) is 0 Å². The van der Waals surface area contributed by atoms with Crippen LogP contribution < -0.4 is 4.90 Å². The van der Waals surface area contributed by atoms with E-state index in [9.17, 15) is 4.79 Å². The van der Waals surface area contributed by atoms with Crippen LogP contribution in [0.2, 0.25) is 0 Å². The highest BCUT2D eigenvalue weighted by atomic mass is 16.6. The third-order valence-corrected chi connectivity index (χ3v) is 8.59. The molecule has 1 unspecified atom stereocenters. The minimum atomic E-state index is -0.0659. The Morgan fingerprint density at radius 2 is 1.80 bits per heavy atom. The number of carbonyl (C=O) groups excluding carboxylic acids is 1. The number of rotatable bonds is 2. The SMILES string of the molecule is C=C1C=Cc2cc(C3CCN(C(=O)OC4C5CC6CC(C5)CC4C6)C3)ccc2N1C. The van der Waals surface area contributed by atoms with Crippen molar-refractivity contribution in [3.63, 3.8) is 0 Å². The fourth-order valence-electron chi connectivity index (χ4n) is 7.18. The van der Waals surface area contributed by atoms with E-state index in [2.05, 4.69) is 48.9 Å². The molecule has 2 heterocycles. The Bertz CT molecular complexity index is 892. The molecule has 30 heavy (non-hydrogen) atoms. The average Bonchev–Trinajstić information content (AvgIpc) is 3.23. The smallest absolute Gasteiger partial charge is 0.410 e. The van der Waals surface area contributed by atoms with Crippen LogP contribution in [0.25, 0.3) is 6.08 Å². The molecule has 4 nitrogen and oxygen atoms in total. The van der Waals surface area contributed by atoms with Crippen molar-refractivity contribution in [1.29, 1.82) is 0 Å². The number of nitrogens with zero attached hydrogens (tertiary/aromatic N) is 2. The van der Waals surface area contributed by atoms with Crippen molar-refractivity contribution < 1.29 is 9.53 Å². The van der Waals surface area contributed by atoms with Crippen LogP contribution in [0.4, 0.5) is 10.5 Å². The number of ether oxygens (including phenoxy) is 1. The normalized spacial score (nSPS) is 36.4. The number of hydrogen-bond acceptors (Lipinski definition) is 3. The lowest BCUT2D eigenvalue weighted by Gasteiger charge is -2.53. The van der Waals surface area contributed by atoms with Crippen molar-refractivity contribution in [3.05, 3.63) is 47.7 Å². The van der Waals surface area contributed by atoms with Crippen LogP contribution in [0, 0.1) is 23.7 Å². The highest BCUT2D eigenvalue weighted by molar-refractivity contribution is 5.76. The van der Waals surface area contributed by atoms with Gasteiger partial charge in [0.25, 0.3) is 0 Å². The molecule has 0 N–H and O–H groups in total. The number of fused-ring (bicyclic) bond motifs is 1. The lowest BCUT2D eigenvalue weighted by molar-refractivity contribution is -0.101. The molecule has 4 bridgehead atoms. The van der Waals surface area contributed by atoms with Gasteiger partial charge in [0.2, 0.25) is 0 Å². The van der Waals surface area contributed by atoms with Gasteiger partial charge in [-0.2, -0.15) is 0 Å². The zero-order valence-corrected chi connectivity index (χ0v) is 17.9. The molecule has 0 aromatic heterocycles. The summed E-state index contributed by atoms with van der Waals surface area (Å²) in [5.41, 5.74) is 4.76. The van der Waals surface area contributed by atoms with E-state index in [0.29, 0.717) is 17.8 Å². The zero-order valence-electron chi connectivity index (χ0n) is 17.9. The Kier molecular flexibility index (Phi) is 4.26. The van der Waals surface area contributed by atoms with E-state index in [4.69, 9.17) is 4.74 Å². The van der Waals surface area contributed by atoms with Crippen LogP contribution in [0.3, 0.4) is 0 Å². The van der Waals surface area contributed by atoms with E-state index in [1.165, 1.54) is 48.9 Å². The summed E-state index contributed by atoms with van der Waals surface area (Å²) >= 11 is 0. The van der Waals surface area contributed by atoms with E-state index < -0.39 is 0 Å². The minimum absolute atomic E-state index is 0.0659. The molecule has 2 aliphatic heterocycles. The topological polar surface area (TPSA) is 32.8 Å². The van der Waals surface area contributed by atoms with Crippen LogP contribution in [-0.4, -0.2) is 37.2 Å². The maximum absolute atomic E-state index is 13.0. The highest BCUT2D eigenvalue weighted by Gasteiger charge is 2.50. The van der Waals surface area contributed by atoms with Crippen LogP contribution in [0.1, 0.15) is 55.6 Å². The molecular formula is C26H32N2O2. The van der Waals surface area contributed by atoms with Crippen molar-refractivity contribution in [2.75, 3.05) is 25.0 Å². The second-order valence-electron chi connectivity index (χ2n) is 10.4. The number of likely N-dealkylation sites (N-methyl/N-ethyl adjacent to an activating group) is 1. The van der Waals surface area contributed by atoms with E-state index in [-0.39, 0.29) is 12.2 Å². The van der Waals surface area contributed by atoms with Crippen molar-refractivity contribution in [1.82, 2.24) is 4.90 Å². The molecule has 158 valence electrons.